The highest BCUT2D eigenvalue weighted by Crippen LogP contribution is 2.22. The molecule has 0 aromatic heterocycles. The highest BCUT2D eigenvalue weighted by molar-refractivity contribution is 6.32. The maximum Gasteiger partial charge on any atom is 0.126 e. The van der Waals surface area contributed by atoms with Crippen LogP contribution in [0.4, 0.5) is 4.39 Å². The number of rotatable bonds is 0. The molecule has 0 aliphatic heterocycles. The summed E-state index contributed by atoms with van der Waals surface area (Å²) < 4.78 is 13.3. The van der Waals surface area contributed by atoms with Crippen LogP contribution in [0.5, 0.6) is 0 Å². The topological polar surface area (TPSA) is 0 Å². The van der Waals surface area contributed by atoms with Gasteiger partial charge in [-0.25, -0.2) is 4.39 Å². The number of benzene rings is 1. The zero-order valence-corrected chi connectivity index (χ0v) is 6.94. The normalized spacial score (nSPS) is 15.8. The van der Waals surface area contributed by atoms with Crippen molar-refractivity contribution in [2.45, 2.75) is 25.7 Å². The number of fused-ring (bicyclic) bond motifs is 1. The molecule has 2 rings (SSSR count). The summed E-state index contributed by atoms with van der Waals surface area (Å²) in [5.74, 6) is -0.121. The molecule has 0 unspecified atom stereocenters. The van der Waals surface area contributed by atoms with E-state index in [2.05, 4.69) is 0 Å². The fraction of sp³-hybridized carbons (Fsp3) is 0.400. The fourth-order valence-corrected chi connectivity index (χ4v) is 1.84. The molecule has 0 atom stereocenters. The minimum absolute atomic E-state index is 0.121. The van der Waals surface area contributed by atoms with E-state index >= 15 is 0 Å². The first-order valence-corrected chi connectivity index (χ1v) is 4.34. The van der Waals surface area contributed by atoms with Gasteiger partial charge in [-0.2, -0.15) is 0 Å². The summed E-state index contributed by atoms with van der Waals surface area (Å²) in [4.78, 5) is 0. The summed E-state index contributed by atoms with van der Waals surface area (Å²) in [6, 6.07) is 3.32. The zero-order valence-electron chi connectivity index (χ0n) is 6.94. The van der Waals surface area contributed by atoms with Crippen molar-refractivity contribution >= 4 is 13.3 Å². The van der Waals surface area contributed by atoms with E-state index in [4.69, 9.17) is 7.85 Å². The minimum Gasteiger partial charge on any atom is -0.207 e. The van der Waals surface area contributed by atoms with Crippen molar-refractivity contribution in [3.05, 3.63) is 29.1 Å². The second-order valence-corrected chi connectivity index (χ2v) is 3.35. The Morgan fingerprint density at radius 1 is 1.17 bits per heavy atom. The van der Waals surface area contributed by atoms with Crippen molar-refractivity contribution in [2.75, 3.05) is 0 Å². The van der Waals surface area contributed by atoms with Gasteiger partial charge in [0.2, 0.25) is 0 Å². The van der Waals surface area contributed by atoms with E-state index in [0.29, 0.717) is 5.46 Å². The van der Waals surface area contributed by atoms with Crippen LogP contribution in [0.3, 0.4) is 0 Å². The van der Waals surface area contributed by atoms with Gasteiger partial charge in [-0.1, -0.05) is 11.5 Å². The first-order chi connectivity index (χ1) is 5.77. The molecule has 0 amide bonds. The lowest BCUT2D eigenvalue weighted by Crippen LogP contribution is -2.12. The number of hydrogen-bond acceptors (Lipinski definition) is 0. The molecule has 0 fully saturated rings. The van der Waals surface area contributed by atoms with Gasteiger partial charge in [-0.3, -0.25) is 0 Å². The summed E-state index contributed by atoms with van der Waals surface area (Å²) >= 11 is 0. The Morgan fingerprint density at radius 2 is 1.92 bits per heavy atom. The van der Waals surface area contributed by atoms with Gasteiger partial charge in [0.15, 0.2) is 0 Å². The van der Waals surface area contributed by atoms with Gasteiger partial charge < -0.3 is 0 Å². The van der Waals surface area contributed by atoms with Crippen molar-refractivity contribution in [1.29, 1.82) is 0 Å². The van der Waals surface area contributed by atoms with Gasteiger partial charge in [0.05, 0.1) is 0 Å². The molecular weight excluding hydrogens is 150 g/mol. The van der Waals surface area contributed by atoms with Crippen molar-refractivity contribution in [3.8, 4) is 0 Å². The molecule has 1 aromatic carbocycles. The summed E-state index contributed by atoms with van der Waals surface area (Å²) in [6.07, 6.45) is 4.13. The van der Waals surface area contributed by atoms with E-state index in [1.54, 1.807) is 0 Å². The van der Waals surface area contributed by atoms with E-state index in [1.807, 2.05) is 6.07 Å². The van der Waals surface area contributed by atoms with Gasteiger partial charge in [-0.05, 0) is 42.9 Å². The maximum absolute atomic E-state index is 13.3. The summed E-state index contributed by atoms with van der Waals surface area (Å²) in [5.41, 5.74) is 2.54. The molecule has 12 heavy (non-hydrogen) atoms. The molecule has 0 N–H and O–H groups in total. The van der Waals surface area contributed by atoms with Crippen LogP contribution in [-0.2, 0) is 12.8 Å². The molecule has 2 radical (unpaired) electrons. The SMILES string of the molecule is [B]c1cc(F)c2c(c1)CCCC2. The highest BCUT2D eigenvalue weighted by atomic mass is 19.1. The van der Waals surface area contributed by atoms with Crippen molar-refractivity contribution in [2.24, 2.45) is 0 Å². The van der Waals surface area contributed by atoms with Crippen LogP contribution >= 0.6 is 0 Å². The maximum atomic E-state index is 13.3. The largest absolute Gasteiger partial charge is 0.207 e. The molecule has 1 aliphatic carbocycles. The van der Waals surface area contributed by atoms with Gasteiger partial charge in [0.25, 0.3) is 0 Å². The fourth-order valence-electron chi connectivity index (χ4n) is 1.84. The molecule has 2 heteroatoms. The molecule has 0 heterocycles. The van der Waals surface area contributed by atoms with Crippen LogP contribution in [0.2, 0.25) is 0 Å². The first-order valence-electron chi connectivity index (χ1n) is 4.34. The summed E-state index contributed by atoms with van der Waals surface area (Å²) in [7, 11) is 5.54. The minimum atomic E-state index is -0.121. The molecule has 0 saturated heterocycles. The number of halogens is 1. The van der Waals surface area contributed by atoms with Crippen molar-refractivity contribution < 1.29 is 4.39 Å². The van der Waals surface area contributed by atoms with Crippen LogP contribution in [-0.4, -0.2) is 7.85 Å². The summed E-state index contributed by atoms with van der Waals surface area (Å²) in [6.45, 7) is 0. The third-order valence-corrected chi connectivity index (χ3v) is 2.43. The predicted molar refractivity (Wildman–Crippen MR) is 48.4 cm³/mol. The monoisotopic (exact) mass is 160 g/mol. The van der Waals surface area contributed by atoms with Crippen LogP contribution in [0.1, 0.15) is 24.0 Å². The van der Waals surface area contributed by atoms with E-state index in [-0.39, 0.29) is 5.82 Å². The number of aryl methyl sites for hydroxylation is 1. The van der Waals surface area contributed by atoms with Crippen molar-refractivity contribution in [3.63, 3.8) is 0 Å². The van der Waals surface area contributed by atoms with Crippen LogP contribution in [0.25, 0.3) is 0 Å². The van der Waals surface area contributed by atoms with Crippen LogP contribution < -0.4 is 5.46 Å². The Labute approximate surface area is 73.2 Å². The highest BCUT2D eigenvalue weighted by Gasteiger charge is 2.13. The lowest BCUT2D eigenvalue weighted by molar-refractivity contribution is 0.580. The van der Waals surface area contributed by atoms with Gasteiger partial charge >= 0.3 is 0 Å². The molecule has 1 aliphatic rings. The molecule has 0 spiro atoms. The Kier molecular flexibility index (Phi) is 1.91. The van der Waals surface area contributed by atoms with E-state index in [0.717, 1.165) is 36.8 Å². The van der Waals surface area contributed by atoms with Crippen molar-refractivity contribution in [1.82, 2.24) is 0 Å². The van der Waals surface area contributed by atoms with Gasteiger partial charge in [0, 0.05) is 0 Å². The first kappa shape index (κ1) is 7.84. The molecule has 1 aromatic rings. The quantitative estimate of drug-likeness (QED) is 0.504. The number of hydrogen-bond donors (Lipinski definition) is 0. The molecule has 0 bridgehead atoms. The predicted octanol–water partition coefficient (Wildman–Crippen LogP) is 1.50. The van der Waals surface area contributed by atoms with Gasteiger partial charge in [0.1, 0.15) is 13.7 Å². The third kappa shape index (κ3) is 1.26. The Bertz CT molecular complexity index is 307. The molecular formula is C10H10BF. The van der Waals surface area contributed by atoms with Gasteiger partial charge in [-0.15, -0.1) is 0 Å². The van der Waals surface area contributed by atoms with Crippen LogP contribution in [0, 0.1) is 5.82 Å². The third-order valence-electron chi connectivity index (χ3n) is 2.43. The smallest absolute Gasteiger partial charge is 0.126 e. The lowest BCUT2D eigenvalue weighted by atomic mass is 9.85. The molecule has 60 valence electrons. The van der Waals surface area contributed by atoms with Crippen LogP contribution in [0.15, 0.2) is 12.1 Å². The molecule has 0 saturated carbocycles. The Hall–Kier alpha value is -0.785. The zero-order chi connectivity index (χ0) is 8.55. The Balaban J connectivity index is 2.53. The molecule has 0 nitrogen and oxygen atoms in total. The Morgan fingerprint density at radius 3 is 2.75 bits per heavy atom. The summed E-state index contributed by atoms with van der Waals surface area (Å²) in [5, 5.41) is 0. The van der Waals surface area contributed by atoms with E-state index in [1.165, 1.54) is 6.07 Å². The second kappa shape index (κ2) is 2.93. The van der Waals surface area contributed by atoms with E-state index < -0.39 is 0 Å². The lowest BCUT2D eigenvalue weighted by Gasteiger charge is -2.16. The second-order valence-electron chi connectivity index (χ2n) is 3.35. The average Bonchev–Trinajstić information content (AvgIpc) is 2.04. The van der Waals surface area contributed by atoms with E-state index in [9.17, 15) is 4.39 Å². The standard InChI is InChI=1S/C10H10BF/c11-8-5-7-3-1-2-4-9(7)10(12)6-8/h5-6H,1-4H2. The average molecular weight is 160 g/mol.